The first-order chi connectivity index (χ1) is 11.1. The predicted octanol–water partition coefficient (Wildman–Crippen LogP) is 1.47. The van der Waals surface area contributed by atoms with E-state index >= 15 is 0 Å². The monoisotopic (exact) mass is 317 g/mol. The Morgan fingerprint density at radius 2 is 2.00 bits per heavy atom. The standard InChI is InChI=1S/C17H27N5O/c1-13(2)20(3)12-16-19-18-15-8-9-21(10-11-22(15)16)17(23)14-6-4-5-7-14/h4-5,13-14H,6-12H2,1-3H3. The fourth-order valence-corrected chi connectivity index (χ4v) is 3.20. The molecular weight excluding hydrogens is 290 g/mol. The minimum atomic E-state index is 0.157. The van der Waals surface area contributed by atoms with Crippen molar-refractivity contribution in [3.05, 3.63) is 23.8 Å². The molecule has 1 aliphatic carbocycles. The second-order valence-corrected chi connectivity index (χ2v) is 6.91. The Bertz CT molecular complexity index is 584. The highest BCUT2D eigenvalue weighted by Gasteiger charge is 2.27. The van der Waals surface area contributed by atoms with Crippen LogP contribution in [0.25, 0.3) is 0 Å². The quantitative estimate of drug-likeness (QED) is 0.789. The van der Waals surface area contributed by atoms with E-state index < -0.39 is 0 Å². The SMILES string of the molecule is CC(C)N(C)Cc1nnc2n1CCN(C(=O)C1CC=CC1)CC2. The molecule has 1 aromatic rings. The van der Waals surface area contributed by atoms with E-state index in [1.54, 1.807) is 0 Å². The molecule has 23 heavy (non-hydrogen) atoms. The number of carbonyl (C=O) groups is 1. The van der Waals surface area contributed by atoms with Crippen molar-refractivity contribution in [2.24, 2.45) is 5.92 Å². The van der Waals surface area contributed by atoms with Crippen molar-refractivity contribution in [2.45, 2.75) is 52.2 Å². The molecule has 0 saturated carbocycles. The fraction of sp³-hybridized carbons (Fsp3) is 0.706. The van der Waals surface area contributed by atoms with Gasteiger partial charge in [0.2, 0.25) is 5.91 Å². The normalized spacial score (nSPS) is 18.7. The van der Waals surface area contributed by atoms with Crippen molar-refractivity contribution < 1.29 is 4.79 Å². The van der Waals surface area contributed by atoms with E-state index in [1.807, 2.05) is 4.90 Å². The molecule has 3 rings (SSSR count). The summed E-state index contributed by atoms with van der Waals surface area (Å²) in [6, 6.07) is 0.474. The molecule has 0 bridgehead atoms. The van der Waals surface area contributed by atoms with Gasteiger partial charge in [-0.25, -0.2) is 0 Å². The summed E-state index contributed by atoms with van der Waals surface area (Å²) in [4.78, 5) is 16.9. The number of fused-ring (bicyclic) bond motifs is 1. The lowest BCUT2D eigenvalue weighted by atomic mass is 10.1. The van der Waals surface area contributed by atoms with Gasteiger partial charge in [0.25, 0.3) is 0 Å². The van der Waals surface area contributed by atoms with Crippen LogP contribution in [0.1, 0.15) is 38.3 Å². The first kappa shape index (κ1) is 16.2. The topological polar surface area (TPSA) is 54.3 Å². The maximum Gasteiger partial charge on any atom is 0.226 e. The zero-order chi connectivity index (χ0) is 16.4. The molecule has 2 heterocycles. The predicted molar refractivity (Wildman–Crippen MR) is 88.8 cm³/mol. The lowest BCUT2D eigenvalue weighted by Gasteiger charge is -2.24. The van der Waals surface area contributed by atoms with E-state index in [1.165, 1.54) is 0 Å². The third kappa shape index (κ3) is 3.47. The Hall–Kier alpha value is -1.69. The Kier molecular flexibility index (Phi) is 4.80. The lowest BCUT2D eigenvalue weighted by Crippen LogP contribution is -2.37. The average molecular weight is 317 g/mol. The zero-order valence-corrected chi connectivity index (χ0v) is 14.4. The molecule has 0 saturated heterocycles. The first-order valence-electron chi connectivity index (χ1n) is 8.61. The van der Waals surface area contributed by atoms with Crippen LogP contribution in [0.2, 0.25) is 0 Å². The van der Waals surface area contributed by atoms with Crippen molar-refractivity contribution in [3.8, 4) is 0 Å². The number of hydrogen-bond donors (Lipinski definition) is 0. The van der Waals surface area contributed by atoms with Gasteiger partial charge in [0, 0.05) is 38.0 Å². The van der Waals surface area contributed by atoms with E-state index in [2.05, 4.69) is 52.7 Å². The number of aromatic nitrogens is 3. The number of nitrogens with zero attached hydrogens (tertiary/aromatic N) is 5. The average Bonchev–Trinajstić information content (AvgIpc) is 3.13. The molecule has 0 radical (unpaired) electrons. The Morgan fingerprint density at radius 1 is 1.26 bits per heavy atom. The molecule has 2 aliphatic rings. The van der Waals surface area contributed by atoms with E-state index in [-0.39, 0.29) is 5.92 Å². The molecule has 0 unspecified atom stereocenters. The van der Waals surface area contributed by atoms with Gasteiger partial charge in [-0.1, -0.05) is 12.2 Å². The highest BCUT2D eigenvalue weighted by atomic mass is 16.2. The van der Waals surface area contributed by atoms with Gasteiger partial charge >= 0.3 is 0 Å². The van der Waals surface area contributed by atoms with Gasteiger partial charge in [0.15, 0.2) is 0 Å². The molecule has 6 heteroatoms. The molecule has 1 aromatic heterocycles. The van der Waals surface area contributed by atoms with Crippen LogP contribution in [-0.2, 0) is 24.3 Å². The van der Waals surface area contributed by atoms with E-state index in [0.29, 0.717) is 11.9 Å². The van der Waals surface area contributed by atoms with Gasteiger partial charge in [-0.15, -0.1) is 10.2 Å². The van der Waals surface area contributed by atoms with Crippen LogP contribution in [0.15, 0.2) is 12.2 Å². The van der Waals surface area contributed by atoms with Crippen LogP contribution in [0.3, 0.4) is 0 Å². The summed E-state index contributed by atoms with van der Waals surface area (Å²) >= 11 is 0. The van der Waals surface area contributed by atoms with Crippen LogP contribution < -0.4 is 0 Å². The van der Waals surface area contributed by atoms with Crippen LogP contribution >= 0.6 is 0 Å². The van der Waals surface area contributed by atoms with Crippen molar-refractivity contribution in [3.63, 3.8) is 0 Å². The summed E-state index contributed by atoms with van der Waals surface area (Å²) in [6.07, 6.45) is 6.83. The summed E-state index contributed by atoms with van der Waals surface area (Å²) < 4.78 is 2.21. The van der Waals surface area contributed by atoms with Gasteiger partial charge in [-0.3, -0.25) is 9.69 Å². The molecule has 0 spiro atoms. The number of allylic oxidation sites excluding steroid dienone is 2. The summed E-state index contributed by atoms with van der Waals surface area (Å²) in [5.74, 6) is 2.48. The molecule has 0 fully saturated rings. The molecule has 0 aromatic carbocycles. The summed E-state index contributed by atoms with van der Waals surface area (Å²) in [6.45, 7) is 7.47. The van der Waals surface area contributed by atoms with Gasteiger partial charge in [-0.2, -0.15) is 0 Å². The number of hydrogen-bond acceptors (Lipinski definition) is 4. The molecule has 1 aliphatic heterocycles. The van der Waals surface area contributed by atoms with Gasteiger partial charge < -0.3 is 9.47 Å². The molecule has 1 amide bonds. The van der Waals surface area contributed by atoms with Crippen LogP contribution in [0, 0.1) is 5.92 Å². The van der Waals surface area contributed by atoms with Crippen molar-refractivity contribution in [1.29, 1.82) is 0 Å². The second-order valence-electron chi connectivity index (χ2n) is 6.91. The van der Waals surface area contributed by atoms with E-state index in [0.717, 1.165) is 57.1 Å². The maximum atomic E-state index is 12.6. The zero-order valence-electron chi connectivity index (χ0n) is 14.4. The third-order valence-corrected chi connectivity index (χ3v) is 5.04. The van der Waals surface area contributed by atoms with Gasteiger partial charge in [-0.05, 0) is 33.7 Å². The van der Waals surface area contributed by atoms with Crippen molar-refractivity contribution >= 4 is 5.91 Å². The van der Waals surface area contributed by atoms with Crippen LogP contribution in [0.4, 0.5) is 0 Å². The fourth-order valence-electron chi connectivity index (χ4n) is 3.20. The summed E-state index contributed by atoms with van der Waals surface area (Å²) in [5.41, 5.74) is 0. The van der Waals surface area contributed by atoms with Gasteiger partial charge in [0.05, 0.1) is 6.54 Å². The highest BCUT2D eigenvalue weighted by Crippen LogP contribution is 2.21. The third-order valence-electron chi connectivity index (χ3n) is 5.04. The number of carbonyl (C=O) groups excluding carboxylic acids is 1. The minimum absolute atomic E-state index is 0.157. The lowest BCUT2D eigenvalue weighted by molar-refractivity contribution is -0.135. The second kappa shape index (κ2) is 6.83. The smallest absolute Gasteiger partial charge is 0.226 e. The summed E-state index contributed by atoms with van der Waals surface area (Å²) in [5, 5.41) is 8.72. The van der Waals surface area contributed by atoms with Gasteiger partial charge in [0.1, 0.15) is 11.6 Å². The molecule has 126 valence electrons. The Balaban J connectivity index is 1.66. The number of amides is 1. The Labute approximate surface area is 138 Å². The molecular formula is C17H27N5O. The van der Waals surface area contributed by atoms with E-state index in [4.69, 9.17) is 0 Å². The maximum absolute atomic E-state index is 12.6. The van der Waals surface area contributed by atoms with Crippen LogP contribution in [-0.4, -0.2) is 56.7 Å². The highest BCUT2D eigenvalue weighted by molar-refractivity contribution is 5.79. The van der Waals surface area contributed by atoms with Crippen LogP contribution in [0.5, 0.6) is 0 Å². The number of rotatable bonds is 4. The molecule has 0 atom stereocenters. The van der Waals surface area contributed by atoms with Crippen molar-refractivity contribution in [2.75, 3.05) is 20.1 Å². The molecule has 6 nitrogen and oxygen atoms in total. The Morgan fingerprint density at radius 3 is 2.70 bits per heavy atom. The molecule has 0 N–H and O–H groups in total. The summed E-state index contributed by atoms with van der Waals surface area (Å²) in [7, 11) is 2.10. The van der Waals surface area contributed by atoms with E-state index in [9.17, 15) is 4.79 Å². The van der Waals surface area contributed by atoms with Crippen molar-refractivity contribution in [1.82, 2.24) is 24.6 Å². The minimum Gasteiger partial charge on any atom is -0.340 e. The largest absolute Gasteiger partial charge is 0.340 e. The first-order valence-corrected chi connectivity index (χ1v) is 8.61.